The molecule has 2 aromatic rings. The van der Waals surface area contributed by atoms with Crippen molar-refractivity contribution in [3.63, 3.8) is 0 Å². The number of hydrogen-bond acceptors (Lipinski definition) is 5. The first-order valence-corrected chi connectivity index (χ1v) is 8.45. The maximum atomic E-state index is 12.9. The molecule has 6 heteroatoms. The van der Waals surface area contributed by atoms with Gasteiger partial charge in [0.1, 0.15) is 5.75 Å². The Morgan fingerprint density at radius 2 is 1.65 bits per heavy atom. The fourth-order valence-electron chi connectivity index (χ4n) is 2.74. The third-order valence-corrected chi connectivity index (χ3v) is 4.20. The number of benzene rings is 2. The number of hydrogen-bond donors (Lipinski definition) is 0. The van der Waals surface area contributed by atoms with Gasteiger partial charge in [0.25, 0.3) is 5.91 Å². The van der Waals surface area contributed by atoms with E-state index in [-0.39, 0.29) is 5.91 Å². The Hall–Kier alpha value is -2.86. The summed E-state index contributed by atoms with van der Waals surface area (Å²) in [5.41, 5.74) is 1.01. The van der Waals surface area contributed by atoms with Gasteiger partial charge in [0.2, 0.25) is 6.10 Å². The number of carbonyl (C=O) groups is 2. The summed E-state index contributed by atoms with van der Waals surface area (Å²) >= 11 is 0. The largest absolute Gasteiger partial charge is 0.497 e. The van der Waals surface area contributed by atoms with Crippen LogP contribution in [0.1, 0.15) is 22.0 Å². The first-order valence-electron chi connectivity index (χ1n) is 8.45. The number of morpholine rings is 1. The van der Waals surface area contributed by atoms with Crippen molar-refractivity contribution < 1.29 is 23.8 Å². The SMILES string of the molecule is COc1ccc(C(=O)OC(C(=O)N2CCOCC2)c2ccccc2)cc1. The predicted molar refractivity (Wildman–Crippen MR) is 95.0 cm³/mol. The summed E-state index contributed by atoms with van der Waals surface area (Å²) < 4.78 is 16.0. The molecule has 0 aliphatic carbocycles. The number of esters is 1. The molecule has 1 aliphatic heterocycles. The zero-order valence-corrected chi connectivity index (χ0v) is 14.6. The van der Waals surface area contributed by atoms with Crippen molar-refractivity contribution in [1.82, 2.24) is 4.90 Å². The summed E-state index contributed by atoms with van der Waals surface area (Å²) in [6.45, 7) is 1.95. The average Bonchev–Trinajstić information content (AvgIpc) is 2.72. The third-order valence-electron chi connectivity index (χ3n) is 4.20. The Morgan fingerprint density at radius 1 is 1.00 bits per heavy atom. The molecule has 0 bridgehead atoms. The van der Waals surface area contributed by atoms with Crippen molar-refractivity contribution in [3.05, 3.63) is 65.7 Å². The Balaban J connectivity index is 1.80. The Bertz CT molecular complexity index is 739. The van der Waals surface area contributed by atoms with Crippen LogP contribution in [-0.2, 0) is 14.3 Å². The molecule has 26 heavy (non-hydrogen) atoms. The van der Waals surface area contributed by atoms with E-state index in [2.05, 4.69) is 0 Å². The topological polar surface area (TPSA) is 65.1 Å². The molecule has 0 aromatic heterocycles. The van der Waals surface area contributed by atoms with Gasteiger partial charge in [0.15, 0.2) is 0 Å². The molecule has 2 aromatic carbocycles. The molecule has 0 radical (unpaired) electrons. The van der Waals surface area contributed by atoms with Gasteiger partial charge in [-0.15, -0.1) is 0 Å². The van der Waals surface area contributed by atoms with Gasteiger partial charge < -0.3 is 19.1 Å². The van der Waals surface area contributed by atoms with E-state index < -0.39 is 12.1 Å². The van der Waals surface area contributed by atoms with Crippen molar-refractivity contribution in [2.75, 3.05) is 33.4 Å². The molecule has 1 amide bonds. The lowest BCUT2D eigenvalue weighted by atomic mass is 10.1. The normalized spacial score (nSPS) is 15.2. The van der Waals surface area contributed by atoms with Crippen molar-refractivity contribution in [1.29, 1.82) is 0 Å². The Labute approximate surface area is 152 Å². The van der Waals surface area contributed by atoms with Crippen LogP contribution in [0.2, 0.25) is 0 Å². The smallest absolute Gasteiger partial charge is 0.339 e. The first-order chi connectivity index (χ1) is 12.7. The van der Waals surface area contributed by atoms with Crippen LogP contribution in [0.15, 0.2) is 54.6 Å². The molecule has 0 saturated carbocycles. The van der Waals surface area contributed by atoms with Gasteiger partial charge in [-0.05, 0) is 24.3 Å². The molecule has 6 nitrogen and oxygen atoms in total. The number of ether oxygens (including phenoxy) is 3. The van der Waals surface area contributed by atoms with Crippen LogP contribution in [0, 0.1) is 0 Å². The third kappa shape index (κ3) is 4.21. The molecule has 136 valence electrons. The molecule has 1 unspecified atom stereocenters. The molecular weight excluding hydrogens is 334 g/mol. The minimum Gasteiger partial charge on any atom is -0.497 e. The Kier molecular flexibility index (Phi) is 5.86. The monoisotopic (exact) mass is 355 g/mol. The second-order valence-corrected chi connectivity index (χ2v) is 5.86. The van der Waals surface area contributed by atoms with Gasteiger partial charge >= 0.3 is 5.97 Å². The highest BCUT2D eigenvalue weighted by Crippen LogP contribution is 2.23. The minimum absolute atomic E-state index is 0.235. The summed E-state index contributed by atoms with van der Waals surface area (Å²) in [5.74, 6) is -0.143. The van der Waals surface area contributed by atoms with Crippen LogP contribution in [0.4, 0.5) is 0 Å². The lowest BCUT2D eigenvalue weighted by Gasteiger charge is -2.30. The summed E-state index contributed by atoms with van der Waals surface area (Å²) in [4.78, 5) is 27.2. The molecule has 0 N–H and O–H groups in total. The zero-order chi connectivity index (χ0) is 18.4. The lowest BCUT2D eigenvalue weighted by molar-refractivity contribution is -0.145. The van der Waals surface area contributed by atoms with E-state index in [1.165, 1.54) is 0 Å². The number of carbonyl (C=O) groups excluding carboxylic acids is 2. The standard InChI is InChI=1S/C20H21NO5/c1-24-17-9-7-16(8-10-17)20(23)26-18(15-5-3-2-4-6-15)19(22)21-11-13-25-14-12-21/h2-10,18H,11-14H2,1H3. The van der Waals surface area contributed by atoms with Crippen molar-refractivity contribution in [3.8, 4) is 5.75 Å². The maximum Gasteiger partial charge on any atom is 0.339 e. The molecule has 3 rings (SSSR count). The van der Waals surface area contributed by atoms with Gasteiger partial charge in [-0.25, -0.2) is 4.79 Å². The highest BCUT2D eigenvalue weighted by Gasteiger charge is 2.30. The minimum atomic E-state index is -0.982. The molecule has 1 aliphatic rings. The number of rotatable bonds is 5. The fourth-order valence-corrected chi connectivity index (χ4v) is 2.74. The molecule has 0 spiro atoms. The van der Waals surface area contributed by atoms with Crippen molar-refractivity contribution >= 4 is 11.9 Å². The van der Waals surface area contributed by atoms with E-state index in [0.29, 0.717) is 43.2 Å². The van der Waals surface area contributed by atoms with E-state index >= 15 is 0 Å². The van der Waals surface area contributed by atoms with Crippen molar-refractivity contribution in [2.45, 2.75) is 6.10 Å². The van der Waals surface area contributed by atoms with Crippen LogP contribution < -0.4 is 4.74 Å². The highest BCUT2D eigenvalue weighted by molar-refractivity contribution is 5.92. The predicted octanol–water partition coefficient (Wildman–Crippen LogP) is 2.45. The van der Waals surface area contributed by atoms with E-state index in [4.69, 9.17) is 14.2 Å². The highest BCUT2D eigenvalue weighted by atomic mass is 16.5. The van der Waals surface area contributed by atoms with E-state index in [1.807, 2.05) is 18.2 Å². The maximum absolute atomic E-state index is 12.9. The molecular formula is C20H21NO5. The summed E-state index contributed by atoms with van der Waals surface area (Å²) in [6.07, 6.45) is -0.982. The Morgan fingerprint density at radius 3 is 2.27 bits per heavy atom. The van der Waals surface area contributed by atoms with Crippen LogP contribution in [0.5, 0.6) is 5.75 Å². The average molecular weight is 355 g/mol. The summed E-state index contributed by atoms with van der Waals surface area (Å²) in [5, 5.41) is 0. The van der Waals surface area contributed by atoms with Crippen LogP contribution in [0.25, 0.3) is 0 Å². The summed E-state index contributed by atoms with van der Waals surface area (Å²) in [6, 6.07) is 15.6. The van der Waals surface area contributed by atoms with Crippen LogP contribution in [0.3, 0.4) is 0 Å². The van der Waals surface area contributed by atoms with E-state index in [0.717, 1.165) is 0 Å². The van der Waals surface area contributed by atoms with Gasteiger partial charge in [0, 0.05) is 18.7 Å². The molecule has 1 heterocycles. The number of amides is 1. The van der Waals surface area contributed by atoms with Crippen LogP contribution in [-0.4, -0.2) is 50.2 Å². The number of nitrogens with zero attached hydrogens (tertiary/aromatic N) is 1. The number of methoxy groups -OCH3 is 1. The fraction of sp³-hybridized carbons (Fsp3) is 0.300. The van der Waals surface area contributed by atoms with Gasteiger partial charge in [-0.1, -0.05) is 30.3 Å². The van der Waals surface area contributed by atoms with Crippen molar-refractivity contribution in [2.24, 2.45) is 0 Å². The molecule has 1 saturated heterocycles. The second kappa shape index (κ2) is 8.49. The van der Waals surface area contributed by atoms with Crippen LogP contribution >= 0.6 is 0 Å². The van der Waals surface area contributed by atoms with E-state index in [9.17, 15) is 9.59 Å². The van der Waals surface area contributed by atoms with Gasteiger partial charge in [0.05, 0.1) is 25.9 Å². The first kappa shape index (κ1) is 17.9. The quantitative estimate of drug-likeness (QED) is 0.771. The summed E-state index contributed by atoms with van der Waals surface area (Å²) in [7, 11) is 1.56. The van der Waals surface area contributed by atoms with Gasteiger partial charge in [-0.2, -0.15) is 0 Å². The van der Waals surface area contributed by atoms with E-state index in [1.54, 1.807) is 48.4 Å². The molecule has 1 fully saturated rings. The second-order valence-electron chi connectivity index (χ2n) is 5.86. The lowest BCUT2D eigenvalue weighted by Crippen LogP contribution is -2.44. The zero-order valence-electron chi connectivity index (χ0n) is 14.6. The van der Waals surface area contributed by atoms with Gasteiger partial charge in [-0.3, -0.25) is 4.79 Å². The molecule has 1 atom stereocenters.